The molecule has 1 fully saturated rings. The first kappa shape index (κ1) is 15.1. The number of carbonyl (C=O) groups excluding carboxylic acids is 1. The Morgan fingerprint density at radius 1 is 1.45 bits per heavy atom. The van der Waals surface area contributed by atoms with Crippen molar-refractivity contribution >= 4 is 5.91 Å². The van der Waals surface area contributed by atoms with Crippen LogP contribution in [-0.2, 0) is 11.8 Å². The second kappa shape index (κ2) is 6.15. The molecule has 0 radical (unpaired) electrons. The molecule has 120 valence electrons. The number of nitrogens with zero attached hydrogens (tertiary/aromatic N) is 3. The Morgan fingerprint density at radius 3 is 2.95 bits per heavy atom. The zero-order valence-electron chi connectivity index (χ0n) is 13.7. The zero-order valence-corrected chi connectivity index (χ0v) is 13.7. The maximum atomic E-state index is 12.7. The van der Waals surface area contributed by atoms with Gasteiger partial charge in [-0.2, -0.15) is 5.10 Å². The summed E-state index contributed by atoms with van der Waals surface area (Å²) in [5.41, 5.74) is 2.04. The molecule has 1 saturated heterocycles. The standard InChI is InChI=1S/C17H25N3O2/c1-12-16(17(22-3)19(2)18-12)14-9-6-10-20(14)15(21)11-13-7-4-5-8-13/h4,7,13-14H,5-6,8-11H2,1-3H3. The fraction of sp³-hybridized carbons (Fsp3) is 0.647. The highest BCUT2D eigenvalue weighted by molar-refractivity contribution is 5.77. The molecule has 1 aliphatic carbocycles. The van der Waals surface area contributed by atoms with Gasteiger partial charge >= 0.3 is 0 Å². The summed E-state index contributed by atoms with van der Waals surface area (Å²) in [7, 11) is 3.56. The fourth-order valence-electron chi connectivity index (χ4n) is 3.85. The molecule has 2 atom stereocenters. The van der Waals surface area contributed by atoms with E-state index < -0.39 is 0 Å². The number of methoxy groups -OCH3 is 1. The number of hydrogen-bond donors (Lipinski definition) is 0. The van der Waals surface area contributed by atoms with Crippen molar-refractivity contribution in [3.05, 3.63) is 23.4 Å². The molecule has 0 saturated carbocycles. The van der Waals surface area contributed by atoms with Crippen molar-refractivity contribution in [1.82, 2.24) is 14.7 Å². The Balaban J connectivity index is 1.81. The largest absolute Gasteiger partial charge is 0.481 e. The minimum Gasteiger partial charge on any atom is -0.481 e. The second-order valence-corrected chi connectivity index (χ2v) is 6.35. The van der Waals surface area contributed by atoms with Gasteiger partial charge in [0.25, 0.3) is 0 Å². The topological polar surface area (TPSA) is 47.4 Å². The molecule has 0 bridgehead atoms. The highest BCUT2D eigenvalue weighted by Crippen LogP contribution is 2.39. The lowest BCUT2D eigenvalue weighted by molar-refractivity contribution is -0.132. The van der Waals surface area contributed by atoms with Crippen LogP contribution in [0.2, 0.25) is 0 Å². The summed E-state index contributed by atoms with van der Waals surface area (Å²) >= 11 is 0. The molecule has 0 N–H and O–H groups in total. The predicted octanol–water partition coefficient (Wildman–Crippen LogP) is 2.76. The Hall–Kier alpha value is -1.78. The minimum atomic E-state index is 0.113. The molecular weight excluding hydrogens is 278 g/mol. The third-order valence-electron chi connectivity index (χ3n) is 4.86. The molecule has 2 aliphatic rings. The van der Waals surface area contributed by atoms with Crippen molar-refractivity contribution in [2.24, 2.45) is 13.0 Å². The number of carbonyl (C=O) groups is 1. The second-order valence-electron chi connectivity index (χ2n) is 6.35. The molecule has 0 spiro atoms. The Bertz CT molecular complexity index is 591. The van der Waals surface area contributed by atoms with Gasteiger partial charge in [0.1, 0.15) is 0 Å². The van der Waals surface area contributed by atoms with Crippen LogP contribution in [0.5, 0.6) is 5.88 Å². The average molecular weight is 303 g/mol. The van der Waals surface area contributed by atoms with Crippen LogP contribution in [-0.4, -0.2) is 34.2 Å². The van der Waals surface area contributed by atoms with Crippen LogP contribution in [0.25, 0.3) is 0 Å². The average Bonchev–Trinajstić information content (AvgIpc) is 3.18. The third-order valence-corrected chi connectivity index (χ3v) is 4.86. The SMILES string of the molecule is COc1c(C2CCCN2C(=O)CC2C=CCC2)c(C)nn1C. The van der Waals surface area contributed by atoms with Crippen LogP contribution in [0.1, 0.15) is 49.4 Å². The molecule has 2 unspecified atom stereocenters. The van der Waals surface area contributed by atoms with Crippen molar-refractivity contribution < 1.29 is 9.53 Å². The molecule has 22 heavy (non-hydrogen) atoms. The summed E-state index contributed by atoms with van der Waals surface area (Å²) in [6, 6.07) is 0.113. The van der Waals surface area contributed by atoms with Crippen LogP contribution in [0, 0.1) is 12.8 Å². The summed E-state index contributed by atoms with van der Waals surface area (Å²) < 4.78 is 7.29. The molecule has 1 aromatic heterocycles. The van der Waals surface area contributed by atoms with E-state index >= 15 is 0 Å². The fourth-order valence-corrected chi connectivity index (χ4v) is 3.85. The lowest BCUT2D eigenvalue weighted by atomic mass is 10.0. The van der Waals surface area contributed by atoms with E-state index in [4.69, 9.17) is 4.74 Å². The number of rotatable bonds is 4. The van der Waals surface area contributed by atoms with Crippen LogP contribution in [0.3, 0.4) is 0 Å². The Labute approximate surface area is 131 Å². The van der Waals surface area contributed by atoms with Crippen molar-refractivity contribution in [3.63, 3.8) is 0 Å². The molecule has 1 aliphatic heterocycles. The van der Waals surface area contributed by atoms with Gasteiger partial charge in [0, 0.05) is 20.0 Å². The van der Waals surface area contributed by atoms with Crippen molar-refractivity contribution in [2.45, 2.75) is 45.1 Å². The van der Waals surface area contributed by atoms with Gasteiger partial charge in [-0.1, -0.05) is 12.2 Å². The van der Waals surface area contributed by atoms with Crippen molar-refractivity contribution in [3.8, 4) is 5.88 Å². The summed E-state index contributed by atoms with van der Waals surface area (Å²) in [5.74, 6) is 1.47. The normalized spacial score (nSPS) is 24.2. The van der Waals surface area contributed by atoms with Crippen LogP contribution < -0.4 is 4.74 Å². The first-order chi connectivity index (χ1) is 10.6. The van der Waals surface area contributed by atoms with E-state index in [1.807, 2.05) is 18.9 Å². The van der Waals surface area contributed by atoms with Crippen LogP contribution in [0.4, 0.5) is 0 Å². The first-order valence-corrected chi connectivity index (χ1v) is 8.15. The molecule has 5 heteroatoms. The number of ether oxygens (including phenoxy) is 1. The van der Waals surface area contributed by atoms with Crippen LogP contribution in [0.15, 0.2) is 12.2 Å². The molecule has 0 aromatic carbocycles. The number of allylic oxidation sites excluding steroid dienone is 2. The minimum absolute atomic E-state index is 0.113. The number of hydrogen-bond acceptors (Lipinski definition) is 3. The van der Waals surface area contributed by atoms with E-state index in [1.54, 1.807) is 11.8 Å². The highest BCUT2D eigenvalue weighted by atomic mass is 16.5. The molecule has 2 heterocycles. The van der Waals surface area contributed by atoms with Gasteiger partial charge in [-0.05, 0) is 38.5 Å². The maximum Gasteiger partial charge on any atom is 0.223 e. The van der Waals surface area contributed by atoms with Crippen LogP contribution >= 0.6 is 0 Å². The Morgan fingerprint density at radius 2 is 2.27 bits per heavy atom. The lowest BCUT2D eigenvalue weighted by Crippen LogP contribution is -2.31. The maximum absolute atomic E-state index is 12.7. The van der Waals surface area contributed by atoms with E-state index in [-0.39, 0.29) is 11.9 Å². The molecule has 3 rings (SSSR count). The predicted molar refractivity (Wildman–Crippen MR) is 84.7 cm³/mol. The van der Waals surface area contributed by atoms with Gasteiger partial charge in [0.15, 0.2) is 0 Å². The van der Waals surface area contributed by atoms with E-state index in [0.717, 1.165) is 49.4 Å². The number of aryl methyl sites for hydroxylation is 2. The van der Waals surface area contributed by atoms with Gasteiger partial charge in [0.05, 0.1) is 24.4 Å². The zero-order chi connectivity index (χ0) is 15.7. The van der Waals surface area contributed by atoms with Gasteiger partial charge in [-0.25, -0.2) is 4.68 Å². The van der Waals surface area contributed by atoms with Crippen molar-refractivity contribution in [2.75, 3.05) is 13.7 Å². The summed E-state index contributed by atoms with van der Waals surface area (Å²) in [6.45, 7) is 2.84. The summed E-state index contributed by atoms with van der Waals surface area (Å²) in [4.78, 5) is 14.8. The molecule has 5 nitrogen and oxygen atoms in total. The first-order valence-electron chi connectivity index (χ1n) is 8.15. The number of likely N-dealkylation sites (tertiary alicyclic amines) is 1. The van der Waals surface area contributed by atoms with E-state index in [2.05, 4.69) is 17.3 Å². The Kier molecular flexibility index (Phi) is 4.23. The third kappa shape index (κ3) is 2.64. The van der Waals surface area contributed by atoms with Gasteiger partial charge in [-0.3, -0.25) is 4.79 Å². The van der Waals surface area contributed by atoms with Gasteiger partial charge in [0.2, 0.25) is 11.8 Å². The van der Waals surface area contributed by atoms with E-state index in [0.29, 0.717) is 12.3 Å². The molecule has 1 aromatic rings. The van der Waals surface area contributed by atoms with E-state index in [1.165, 1.54) is 0 Å². The summed E-state index contributed by atoms with van der Waals surface area (Å²) in [5, 5.41) is 4.47. The molecule has 1 amide bonds. The van der Waals surface area contributed by atoms with Crippen molar-refractivity contribution in [1.29, 1.82) is 0 Å². The number of amides is 1. The summed E-state index contributed by atoms with van der Waals surface area (Å²) in [6.07, 6.45) is 9.28. The quantitative estimate of drug-likeness (QED) is 0.804. The smallest absolute Gasteiger partial charge is 0.223 e. The van der Waals surface area contributed by atoms with Gasteiger partial charge < -0.3 is 9.64 Å². The molecular formula is C17H25N3O2. The highest BCUT2D eigenvalue weighted by Gasteiger charge is 2.35. The van der Waals surface area contributed by atoms with Gasteiger partial charge in [-0.15, -0.1) is 0 Å². The number of aromatic nitrogens is 2. The van der Waals surface area contributed by atoms with E-state index in [9.17, 15) is 4.79 Å². The lowest BCUT2D eigenvalue weighted by Gasteiger charge is -2.26. The monoisotopic (exact) mass is 303 g/mol.